The van der Waals surface area contributed by atoms with Crippen LogP contribution in [0.3, 0.4) is 0 Å². The molecule has 0 fully saturated rings. The zero-order chi connectivity index (χ0) is 12.7. The summed E-state index contributed by atoms with van der Waals surface area (Å²) in [5.41, 5.74) is 0. The van der Waals surface area contributed by atoms with E-state index in [9.17, 15) is 4.79 Å². The van der Waals surface area contributed by atoms with Crippen molar-refractivity contribution in [3.8, 4) is 11.5 Å². The predicted molar refractivity (Wildman–Crippen MR) is 64.6 cm³/mol. The second-order valence-electron chi connectivity index (χ2n) is 3.65. The first-order chi connectivity index (χ1) is 8.15. The van der Waals surface area contributed by atoms with Gasteiger partial charge >= 0.3 is 5.97 Å². The molecule has 0 aliphatic carbocycles. The molecule has 1 rings (SSSR count). The smallest absolute Gasteiger partial charge is 0.307 e. The number of rotatable bonds is 7. The predicted octanol–water partition coefficient (Wildman–Crippen LogP) is 2.72. The highest BCUT2D eigenvalue weighted by Gasteiger charge is 2.12. The number of benzene rings is 1. The Kier molecular flexibility index (Phi) is 5.33. The first kappa shape index (κ1) is 13.4. The van der Waals surface area contributed by atoms with E-state index in [1.807, 2.05) is 26.0 Å². The summed E-state index contributed by atoms with van der Waals surface area (Å²) in [4.78, 5) is 10.6. The van der Waals surface area contributed by atoms with Crippen LogP contribution in [-0.4, -0.2) is 23.8 Å². The first-order valence-electron chi connectivity index (χ1n) is 5.77. The summed E-state index contributed by atoms with van der Waals surface area (Å²) in [7, 11) is 0. The van der Waals surface area contributed by atoms with E-state index in [4.69, 9.17) is 14.6 Å². The van der Waals surface area contributed by atoms with Crippen molar-refractivity contribution in [2.45, 2.75) is 32.8 Å². The maximum atomic E-state index is 10.6. The number of carbonyl (C=O) groups is 1. The van der Waals surface area contributed by atoms with Crippen molar-refractivity contribution < 1.29 is 19.4 Å². The van der Waals surface area contributed by atoms with Gasteiger partial charge in [-0.1, -0.05) is 6.92 Å². The Balaban J connectivity index is 2.57. The Labute approximate surface area is 101 Å². The molecule has 0 aromatic heterocycles. The molecule has 1 atom stereocenters. The van der Waals surface area contributed by atoms with Crippen LogP contribution in [-0.2, 0) is 4.79 Å². The molecular formula is C13H18O4. The minimum Gasteiger partial charge on any atom is -0.494 e. The number of carboxylic acid groups (broad SMARTS) is 1. The zero-order valence-corrected chi connectivity index (χ0v) is 10.2. The Morgan fingerprint density at radius 1 is 1.24 bits per heavy atom. The minimum atomic E-state index is -0.845. The third-order valence-electron chi connectivity index (χ3n) is 2.30. The molecule has 4 nitrogen and oxygen atoms in total. The number of ether oxygens (including phenoxy) is 2. The Hall–Kier alpha value is -1.71. The Bertz CT molecular complexity index is 345. The molecule has 17 heavy (non-hydrogen) atoms. The number of aliphatic carboxylic acids is 1. The summed E-state index contributed by atoms with van der Waals surface area (Å²) < 4.78 is 10.9. The van der Waals surface area contributed by atoms with Gasteiger partial charge < -0.3 is 14.6 Å². The van der Waals surface area contributed by atoms with Crippen molar-refractivity contribution in [1.82, 2.24) is 0 Å². The zero-order valence-electron chi connectivity index (χ0n) is 10.2. The summed E-state index contributed by atoms with van der Waals surface area (Å²) in [6, 6.07) is 7.20. The molecule has 0 bridgehead atoms. The van der Waals surface area contributed by atoms with Gasteiger partial charge in [-0.25, -0.2) is 0 Å². The molecule has 1 aromatic rings. The van der Waals surface area contributed by atoms with E-state index in [0.29, 0.717) is 18.8 Å². The number of hydrogen-bond donors (Lipinski definition) is 1. The molecule has 0 radical (unpaired) electrons. The average molecular weight is 238 g/mol. The van der Waals surface area contributed by atoms with Crippen LogP contribution in [0.15, 0.2) is 24.3 Å². The molecule has 4 heteroatoms. The molecule has 0 saturated carbocycles. The lowest BCUT2D eigenvalue weighted by Gasteiger charge is -2.15. The summed E-state index contributed by atoms with van der Waals surface area (Å²) in [5, 5.41) is 8.71. The van der Waals surface area contributed by atoms with Gasteiger partial charge in [-0.15, -0.1) is 0 Å². The second-order valence-corrected chi connectivity index (χ2v) is 3.65. The molecule has 0 amide bonds. The lowest BCUT2D eigenvalue weighted by Crippen LogP contribution is -2.19. The molecule has 1 unspecified atom stereocenters. The van der Waals surface area contributed by atoms with Crippen LogP contribution in [0.5, 0.6) is 11.5 Å². The van der Waals surface area contributed by atoms with Crippen molar-refractivity contribution in [2.24, 2.45) is 0 Å². The van der Waals surface area contributed by atoms with Crippen LogP contribution < -0.4 is 9.47 Å². The maximum absolute atomic E-state index is 10.6. The third-order valence-corrected chi connectivity index (χ3v) is 2.30. The SMILES string of the molecule is CCOc1ccc(OC(CC)CC(=O)O)cc1. The lowest BCUT2D eigenvalue weighted by atomic mass is 10.2. The van der Waals surface area contributed by atoms with E-state index in [0.717, 1.165) is 5.75 Å². The molecule has 1 N–H and O–H groups in total. The fourth-order valence-corrected chi connectivity index (χ4v) is 1.44. The molecule has 0 aliphatic rings. The highest BCUT2D eigenvalue weighted by molar-refractivity contribution is 5.67. The number of carboxylic acids is 1. The molecule has 1 aromatic carbocycles. The van der Waals surface area contributed by atoms with Gasteiger partial charge in [-0.3, -0.25) is 4.79 Å². The van der Waals surface area contributed by atoms with Crippen molar-refractivity contribution in [1.29, 1.82) is 0 Å². The van der Waals surface area contributed by atoms with Crippen molar-refractivity contribution in [3.05, 3.63) is 24.3 Å². The normalized spacial score (nSPS) is 11.9. The van der Waals surface area contributed by atoms with E-state index >= 15 is 0 Å². The molecule has 0 saturated heterocycles. The maximum Gasteiger partial charge on any atom is 0.307 e. The van der Waals surface area contributed by atoms with Gasteiger partial charge in [0.05, 0.1) is 13.0 Å². The van der Waals surface area contributed by atoms with E-state index in [1.165, 1.54) is 0 Å². The van der Waals surface area contributed by atoms with Crippen LogP contribution >= 0.6 is 0 Å². The van der Waals surface area contributed by atoms with E-state index < -0.39 is 5.97 Å². The fourth-order valence-electron chi connectivity index (χ4n) is 1.44. The standard InChI is InChI=1S/C13H18O4/c1-3-10(9-13(14)15)17-12-7-5-11(6-8-12)16-4-2/h5-8,10H,3-4,9H2,1-2H3,(H,14,15). The first-order valence-corrected chi connectivity index (χ1v) is 5.77. The topological polar surface area (TPSA) is 55.8 Å². The summed E-state index contributed by atoms with van der Waals surface area (Å²) in [6.45, 7) is 4.45. The highest BCUT2D eigenvalue weighted by atomic mass is 16.5. The van der Waals surface area contributed by atoms with Gasteiger partial charge in [0.2, 0.25) is 0 Å². The Morgan fingerprint density at radius 2 is 1.82 bits per heavy atom. The lowest BCUT2D eigenvalue weighted by molar-refractivity contribution is -0.138. The molecule has 94 valence electrons. The van der Waals surface area contributed by atoms with Gasteiger partial charge in [0, 0.05) is 0 Å². The van der Waals surface area contributed by atoms with Gasteiger partial charge in [0.25, 0.3) is 0 Å². The average Bonchev–Trinajstić information content (AvgIpc) is 2.30. The number of hydrogen-bond acceptors (Lipinski definition) is 3. The fraction of sp³-hybridized carbons (Fsp3) is 0.462. The van der Waals surface area contributed by atoms with Crippen LogP contribution in [0.1, 0.15) is 26.7 Å². The van der Waals surface area contributed by atoms with E-state index in [1.54, 1.807) is 12.1 Å². The molecular weight excluding hydrogens is 220 g/mol. The minimum absolute atomic E-state index is 0.0176. The van der Waals surface area contributed by atoms with E-state index in [-0.39, 0.29) is 12.5 Å². The van der Waals surface area contributed by atoms with Crippen molar-refractivity contribution in [2.75, 3.05) is 6.61 Å². The monoisotopic (exact) mass is 238 g/mol. The van der Waals surface area contributed by atoms with Gasteiger partial charge in [-0.05, 0) is 37.6 Å². The van der Waals surface area contributed by atoms with Gasteiger partial charge in [-0.2, -0.15) is 0 Å². The summed E-state index contributed by atoms with van der Waals surface area (Å²) in [6.07, 6.45) is 0.397. The van der Waals surface area contributed by atoms with Gasteiger partial charge in [0.1, 0.15) is 17.6 Å². The van der Waals surface area contributed by atoms with Crippen LogP contribution in [0.2, 0.25) is 0 Å². The quantitative estimate of drug-likeness (QED) is 0.793. The van der Waals surface area contributed by atoms with Crippen molar-refractivity contribution in [3.63, 3.8) is 0 Å². The van der Waals surface area contributed by atoms with E-state index in [2.05, 4.69) is 0 Å². The summed E-state index contributed by atoms with van der Waals surface area (Å²) in [5.74, 6) is 0.607. The third kappa shape index (κ3) is 4.76. The van der Waals surface area contributed by atoms with Gasteiger partial charge in [0.15, 0.2) is 0 Å². The van der Waals surface area contributed by atoms with Crippen molar-refractivity contribution >= 4 is 5.97 Å². The van der Waals surface area contributed by atoms with Crippen LogP contribution in [0, 0.1) is 0 Å². The Morgan fingerprint density at radius 3 is 2.29 bits per heavy atom. The van der Waals surface area contributed by atoms with Crippen LogP contribution in [0.25, 0.3) is 0 Å². The molecule has 0 spiro atoms. The molecule has 0 aliphatic heterocycles. The second kappa shape index (κ2) is 6.78. The van der Waals surface area contributed by atoms with Crippen LogP contribution in [0.4, 0.5) is 0 Å². The molecule has 0 heterocycles. The summed E-state index contributed by atoms with van der Waals surface area (Å²) >= 11 is 0. The largest absolute Gasteiger partial charge is 0.494 e. The highest BCUT2D eigenvalue weighted by Crippen LogP contribution is 2.20.